The van der Waals surface area contributed by atoms with E-state index < -0.39 is 0 Å². The van der Waals surface area contributed by atoms with E-state index >= 15 is 0 Å². The summed E-state index contributed by atoms with van der Waals surface area (Å²) in [5.41, 5.74) is 1.15. The molecule has 1 fully saturated rings. The lowest BCUT2D eigenvalue weighted by atomic mass is 10.1. The fraction of sp³-hybridized carbons (Fsp3) is 0.667. The van der Waals surface area contributed by atoms with Crippen molar-refractivity contribution in [3.63, 3.8) is 0 Å². The van der Waals surface area contributed by atoms with E-state index in [9.17, 15) is 0 Å². The van der Waals surface area contributed by atoms with E-state index in [1.54, 1.807) is 0 Å². The third-order valence-corrected chi connectivity index (χ3v) is 3.94. The lowest BCUT2D eigenvalue weighted by molar-refractivity contribution is 0.122. The van der Waals surface area contributed by atoms with Gasteiger partial charge in [-0.2, -0.15) is 0 Å². The van der Waals surface area contributed by atoms with Gasteiger partial charge in [0.25, 0.3) is 0 Å². The van der Waals surface area contributed by atoms with Crippen LogP contribution in [0.3, 0.4) is 0 Å². The third-order valence-electron chi connectivity index (χ3n) is 3.94. The largest absolute Gasteiger partial charge is 0.378 e. The molecule has 1 saturated heterocycles. The molecule has 0 aromatic carbocycles. The Labute approximate surface area is 145 Å². The summed E-state index contributed by atoms with van der Waals surface area (Å²) < 4.78 is 5.44. The van der Waals surface area contributed by atoms with Crippen molar-refractivity contribution in [3.8, 4) is 0 Å². The second kappa shape index (κ2) is 10.1. The molecular formula is C18H31N5O. The molecule has 1 aliphatic heterocycles. The Morgan fingerprint density at radius 1 is 1.33 bits per heavy atom. The van der Waals surface area contributed by atoms with Crippen molar-refractivity contribution in [2.45, 2.75) is 33.7 Å². The van der Waals surface area contributed by atoms with Crippen molar-refractivity contribution in [2.24, 2.45) is 10.9 Å². The van der Waals surface area contributed by atoms with Crippen LogP contribution in [0.25, 0.3) is 0 Å². The average molecular weight is 333 g/mol. The Bertz CT molecular complexity index is 512. The number of pyridine rings is 1. The normalized spacial score (nSPS) is 15.7. The van der Waals surface area contributed by atoms with Crippen LogP contribution in [0.1, 0.15) is 32.8 Å². The molecule has 0 bridgehead atoms. The lowest BCUT2D eigenvalue weighted by Gasteiger charge is -2.29. The van der Waals surface area contributed by atoms with Crippen LogP contribution in [-0.4, -0.2) is 50.3 Å². The molecule has 6 nitrogen and oxygen atoms in total. The van der Waals surface area contributed by atoms with Crippen LogP contribution in [0, 0.1) is 5.92 Å². The fourth-order valence-corrected chi connectivity index (χ4v) is 2.60. The Hall–Kier alpha value is -1.82. The molecule has 2 heterocycles. The van der Waals surface area contributed by atoms with E-state index in [1.807, 2.05) is 12.3 Å². The summed E-state index contributed by atoms with van der Waals surface area (Å²) in [6.45, 7) is 12.3. The molecular weight excluding hydrogens is 302 g/mol. The minimum Gasteiger partial charge on any atom is -0.378 e. The zero-order valence-corrected chi connectivity index (χ0v) is 15.2. The van der Waals surface area contributed by atoms with Crippen molar-refractivity contribution < 1.29 is 4.74 Å². The van der Waals surface area contributed by atoms with E-state index in [0.717, 1.165) is 63.2 Å². The van der Waals surface area contributed by atoms with E-state index in [0.29, 0.717) is 12.5 Å². The van der Waals surface area contributed by atoms with Crippen LogP contribution in [0.15, 0.2) is 23.3 Å². The third kappa shape index (κ3) is 6.00. The summed E-state index contributed by atoms with van der Waals surface area (Å²) in [5, 5.41) is 6.72. The smallest absolute Gasteiger partial charge is 0.191 e. The molecule has 0 amide bonds. The van der Waals surface area contributed by atoms with Gasteiger partial charge in [-0.25, -0.2) is 9.98 Å². The number of nitrogens with one attached hydrogen (secondary N) is 2. The molecule has 1 aromatic heterocycles. The number of aromatic nitrogens is 1. The Kier molecular flexibility index (Phi) is 7.82. The Balaban J connectivity index is 2.01. The molecule has 0 aliphatic carbocycles. The number of nitrogens with zero attached hydrogens (tertiary/aromatic N) is 3. The number of hydrogen-bond acceptors (Lipinski definition) is 4. The zero-order valence-electron chi connectivity index (χ0n) is 15.2. The van der Waals surface area contributed by atoms with Gasteiger partial charge in [-0.15, -0.1) is 0 Å². The lowest BCUT2D eigenvalue weighted by Crippen LogP contribution is -2.38. The van der Waals surface area contributed by atoms with Gasteiger partial charge in [-0.1, -0.05) is 19.9 Å². The number of morpholine rings is 1. The number of rotatable bonds is 7. The highest BCUT2D eigenvalue weighted by atomic mass is 16.5. The molecule has 0 unspecified atom stereocenters. The second-order valence-electron chi connectivity index (χ2n) is 6.39. The van der Waals surface area contributed by atoms with Gasteiger partial charge in [0.15, 0.2) is 5.96 Å². The molecule has 1 aliphatic rings. The SMILES string of the molecule is CCNC(=NCc1cccnc1N1CCOCC1)NCCC(C)C. The van der Waals surface area contributed by atoms with Gasteiger partial charge in [-0.05, 0) is 25.3 Å². The van der Waals surface area contributed by atoms with Crippen LogP contribution < -0.4 is 15.5 Å². The van der Waals surface area contributed by atoms with Crippen molar-refractivity contribution in [3.05, 3.63) is 23.9 Å². The number of hydrogen-bond donors (Lipinski definition) is 2. The highest BCUT2D eigenvalue weighted by molar-refractivity contribution is 5.79. The minimum atomic E-state index is 0.623. The maximum Gasteiger partial charge on any atom is 0.191 e. The van der Waals surface area contributed by atoms with E-state index in [2.05, 4.69) is 47.4 Å². The van der Waals surface area contributed by atoms with Gasteiger partial charge in [0.05, 0.1) is 19.8 Å². The average Bonchev–Trinajstić information content (AvgIpc) is 2.60. The van der Waals surface area contributed by atoms with Crippen LogP contribution in [0.2, 0.25) is 0 Å². The van der Waals surface area contributed by atoms with E-state index in [-0.39, 0.29) is 0 Å². The van der Waals surface area contributed by atoms with Crippen molar-refractivity contribution in [2.75, 3.05) is 44.3 Å². The molecule has 1 aromatic rings. The molecule has 0 radical (unpaired) electrons. The van der Waals surface area contributed by atoms with Gasteiger partial charge in [-0.3, -0.25) is 0 Å². The van der Waals surface area contributed by atoms with Gasteiger partial charge in [0, 0.05) is 37.9 Å². The van der Waals surface area contributed by atoms with Gasteiger partial charge >= 0.3 is 0 Å². The summed E-state index contributed by atoms with van der Waals surface area (Å²) in [6.07, 6.45) is 2.99. The Morgan fingerprint density at radius 3 is 2.83 bits per heavy atom. The summed E-state index contributed by atoms with van der Waals surface area (Å²) in [7, 11) is 0. The first-order valence-corrected chi connectivity index (χ1v) is 8.99. The van der Waals surface area contributed by atoms with Crippen LogP contribution in [0.5, 0.6) is 0 Å². The van der Waals surface area contributed by atoms with Gasteiger partial charge in [0.1, 0.15) is 5.82 Å². The topological polar surface area (TPSA) is 61.8 Å². The molecule has 0 saturated carbocycles. The first-order valence-electron chi connectivity index (χ1n) is 8.99. The second-order valence-corrected chi connectivity index (χ2v) is 6.39. The number of aliphatic imine (C=N–C) groups is 1. The molecule has 24 heavy (non-hydrogen) atoms. The maximum absolute atomic E-state index is 5.44. The minimum absolute atomic E-state index is 0.623. The Morgan fingerprint density at radius 2 is 2.12 bits per heavy atom. The van der Waals surface area contributed by atoms with Crippen LogP contribution >= 0.6 is 0 Å². The molecule has 2 N–H and O–H groups in total. The first kappa shape index (κ1) is 18.5. The zero-order chi connectivity index (χ0) is 17.2. The summed E-state index contributed by atoms with van der Waals surface area (Å²) in [4.78, 5) is 11.6. The monoisotopic (exact) mass is 333 g/mol. The highest BCUT2D eigenvalue weighted by Crippen LogP contribution is 2.19. The van der Waals surface area contributed by atoms with Crippen molar-refractivity contribution >= 4 is 11.8 Å². The number of guanidine groups is 1. The van der Waals surface area contributed by atoms with Gasteiger partial charge < -0.3 is 20.3 Å². The maximum atomic E-state index is 5.44. The number of ether oxygens (including phenoxy) is 1. The van der Waals surface area contributed by atoms with E-state index in [1.165, 1.54) is 0 Å². The van der Waals surface area contributed by atoms with Crippen molar-refractivity contribution in [1.29, 1.82) is 0 Å². The predicted octanol–water partition coefficient (Wildman–Crippen LogP) is 2.02. The standard InChI is InChI=1S/C18H31N5O/c1-4-19-18(21-9-7-15(2)3)22-14-16-6-5-8-20-17(16)23-10-12-24-13-11-23/h5-6,8,15H,4,7,9-14H2,1-3H3,(H2,19,21,22). The molecule has 2 rings (SSSR count). The fourth-order valence-electron chi connectivity index (χ4n) is 2.60. The van der Waals surface area contributed by atoms with Gasteiger partial charge in [0.2, 0.25) is 0 Å². The van der Waals surface area contributed by atoms with E-state index in [4.69, 9.17) is 9.73 Å². The van der Waals surface area contributed by atoms with Crippen molar-refractivity contribution in [1.82, 2.24) is 15.6 Å². The quantitative estimate of drug-likeness (QED) is 0.590. The molecule has 134 valence electrons. The molecule has 0 atom stereocenters. The summed E-state index contributed by atoms with van der Waals surface area (Å²) >= 11 is 0. The summed E-state index contributed by atoms with van der Waals surface area (Å²) in [5.74, 6) is 2.59. The number of anilines is 1. The van der Waals surface area contributed by atoms with Crippen LogP contribution in [-0.2, 0) is 11.3 Å². The molecule has 6 heteroatoms. The molecule has 0 spiro atoms. The predicted molar refractivity (Wildman–Crippen MR) is 99.5 cm³/mol. The first-order chi connectivity index (χ1) is 11.7. The van der Waals surface area contributed by atoms with Crippen LogP contribution in [0.4, 0.5) is 5.82 Å². The summed E-state index contributed by atoms with van der Waals surface area (Å²) in [6, 6.07) is 4.09. The highest BCUT2D eigenvalue weighted by Gasteiger charge is 2.15.